The van der Waals surface area contributed by atoms with Crippen molar-refractivity contribution in [1.82, 2.24) is 0 Å². The summed E-state index contributed by atoms with van der Waals surface area (Å²) in [7, 11) is 0. The topological polar surface area (TPSA) is 48.8 Å². The summed E-state index contributed by atoms with van der Waals surface area (Å²) in [5.41, 5.74) is 7.98. The highest BCUT2D eigenvalue weighted by molar-refractivity contribution is 6.17. The minimum absolute atomic E-state index is 0.645. The molecule has 0 aliphatic carbocycles. The minimum atomic E-state index is 0.645. The Balaban J connectivity index is 2.86. The Kier molecular flexibility index (Phi) is 10.2. The lowest BCUT2D eigenvalue weighted by Crippen LogP contribution is -1.82. The molecule has 0 atom stereocenters. The molecular formula is C8H16ClN3. The molecule has 3 nitrogen and oxygen atoms in total. The molecule has 0 saturated carbocycles. The van der Waals surface area contributed by atoms with Crippen molar-refractivity contribution < 1.29 is 0 Å². The first-order chi connectivity index (χ1) is 5.91. The second-order valence-corrected chi connectivity index (χ2v) is 3.14. The number of hydrogen-bond donors (Lipinski definition) is 0. The standard InChI is InChI=1S/C8H16ClN3/c9-7-5-3-1-2-4-6-8-11-12-10/h1-8H2. The van der Waals surface area contributed by atoms with E-state index in [1.165, 1.54) is 25.7 Å². The molecule has 0 aromatic rings. The van der Waals surface area contributed by atoms with E-state index in [0.29, 0.717) is 6.54 Å². The van der Waals surface area contributed by atoms with Crippen LogP contribution in [-0.2, 0) is 0 Å². The van der Waals surface area contributed by atoms with Gasteiger partial charge in [0.2, 0.25) is 0 Å². The van der Waals surface area contributed by atoms with Gasteiger partial charge in [0.25, 0.3) is 0 Å². The summed E-state index contributed by atoms with van der Waals surface area (Å²) in [5, 5.41) is 3.47. The Morgan fingerprint density at radius 3 is 2.17 bits per heavy atom. The summed E-state index contributed by atoms with van der Waals surface area (Å²) < 4.78 is 0. The maximum absolute atomic E-state index is 7.98. The Morgan fingerprint density at radius 2 is 1.58 bits per heavy atom. The van der Waals surface area contributed by atoms with Crippen molar-refractivity contribution in [1.29, 1.82) is 0 Å². The van der Waals surface area contributed by atoms with Crippen LogP contribution < -0.4 is 0 Å². The quantitative estimate of drug-likeness (QED) is 0.183. The van der Waals surface area contributed by atoms with Crippen LogP contribution in [0.15, 0.2) is 5.11 Å². The van der Waals surface area contributed by atoms with Crippen LogP contribution in [0, 0.1) is 0 Å². The van der Waals surface area contributed by atoms with E-state index in [-0.39, 0.29) is 0 Å². The van der Waals surface area contributed by atoms with Gasteiger partial charge >= 0.3 is 0 Å². The van der Waals surface area contributed by atoms with E-state index in [1.807, 2.05) is 0 Å². The second kappa shape index (κ2) is 10.6. The molecular weight excluding hydrogens is 174 g/mol. The molecule has 0 fully saturated rings. The summed E-state index contributed by atoms with van der Waals surface area (Å²) >= 11 is 5.53. The number of azide groups is 1. The lowest BCUT2D eigenvalue weighted by Gasteiger charge is -1.97. The van der Waals surface area contributed by atoms with Crippen LogP contribution in [0.5, 0.6) is 0 Å². The number of unbranched alkanes of at least 4 members (excludes halogenated alkanes) is 5. The first-order valence-electron chi connectivity index (χ1n) is 4.48. The van der Waals surface area contributed by atoms with Crippen LogP contribution >= 0.6 is 11.6 Å². The fourth-order valence-corrected chi connectivity index (χ4v) is 1.22. The van der Waals surface area contributed by atoms with E-state index in [1.54, 1.807) is 0 Å². The third-order valence-corrected chi connectivity index (χ3v) is 1.97. The molecule has 0 heterocycles. The normalized spacial score (nSPS) is 9.42. The average Bonchev–Trinajstić information content (AvgIpc) is 2.10. The molecule has 0 aromatic carbocycles. The fourth-order valence-electron chi connectivity index (χ4n) is 1.03. The van der Waals surface area contributed by atoms with Gasteiger partial charge in [-0.2, -0.15) is 0 Å². The maximum atomic E-state index is 7.98. The van der Waals surface area contributed by atoms with Crippen molar-refractivity contribution in [2.45, 2.75) is 38.5 Å². The molecule has 0 N–H and O–H groups in total. The summed E-state index contributed by atoms with van der Waals surface area (Å²) in [5.74, 6) is 0.777. The maximum Gasteiger partial charge on any atom is 0.0257 e. The van der Waals surface area contributed by atoms with Crippen molar-refractivity contribution in [2.75, 3.05) is 12.4 Å². The van der Waals surface area contributed by atoms with Crippen molar-refractivity contribution in [3.63, 3.8) is 0 Å². The Bertz CT molecular complexity index is 132. The monoisotopic (exact) mass is 189 g/mol. The van der Waals surface area contributed by atoms with Gasteiger partial charge in [0, 0.05) is 17.3 Å². The zero-order chi connectivity index (χ0) is 9.07. The number of alkyl halides is 1. The fraction of sp³-hybridized carbons (Fsp3) is 1.00. The predicted molar refractivity (Wildman–Crippen MR) is 52.4 cm³/mol. The first-order valence-corrected chi connectivity index (χ1v) is 5.02. The van der Waals surface area contributed by atoms with Crippen molar-refractivity contribution in [3.8, 4) is 0 Å². The highest BCUT2D eigenvalue weighted by Crippen LogP contribution is 2.05. The number of nitrogens with zero attached hydrogens (tertiary/aromatic N) is 3. The molecule has 0 unspecified atom stereocenters. The van der Waals surface area contributed by atoms with E-state index in [0.717, 1.165) is 18.7 Å². The molecule has 0 aliphatic rings. The smallest absolute Gasteiger partial charge is 0.0257 e. The van der Waals surface area contributed by atoms with Crippen LogP contribution in [0.1, 0.15) is 38.5 Å². The molecule has 12 heavy (non-hydrogen) atoms. The van der Waals surface area contributed by atoms with Crippen LogP contribution in [0.4, 0.5) is 0 Å². The Hall–Kier alpha value is -0.400. The van der Waals surface area contributed by atoms with Crippen molar-refractivity contribution >= 4 is 11.6 Å². The summed E-state index contributed by atoms with van der Waals surface area (Å²) in [6, 6.07) is 0. The molecule has 0 radical (unpaired) electrons. The van der Waals surface area contributed by atoms with Crippen LogP contribution in [0.3, 0.4) is 0 Å². The number of hydrogen-bond acceptors (Lipinski definition) is 1. The zero-order valence-electron chi connectivity index (χ0n) is 7.38. The van der Waals surface area contributed by atoms with Gasteiger partial charge in [-0.05, 0) is 18.4 Å². The summed E-state index contributed by atoms with van der Waals surface area (Å²) in [6.45, 7) is 0.645. The third kappa shape index (κ3) is 9.60. The second-order valence-electron chi connectivity index (χ2n) is 2.76. The van der Waals surface area contributed by atoms with E-state index in [2.05, 4.69) is 10.0 Å². The van der Waals surface area contributed by atoms with Crippen molar-refractivity contribution in [3.05, 3.63) is 10.4 Å². The highest BCUT2D eigenvalue weighted by Gasteiger charge is 1.89. The van der Waals surface area contributed by atoms with Gasteiger partial charge < -0.3 is 0 Å². The summed E-state index contributed by atoms with van der Waals surface area (Å²) in [4.78, 5) is 2.69. The van der Waals surface area contributed by atoms with E-state index >= 15 is 0 Å². The van der Waals surface area contributed by atoms with Crippen LogP contribution in [-0.4, -0.2) is 12.4 Å². The predicted octanol–water partition coefficient (Wildman–Crippen LogP) is 3.88. The van der Waals surface area contributed by atoms with Crippen molar-refractivity contribution in [2.24, 2.45) is 5.11 Å². The molecule has 4 heteroatoms. The lowest BCUT2D eigenvalue weighted by molar-refractivity contribution is 0.613. The molecule has 0 aromatic heterocycles. The SMILES string of the molecule is [N-]=[N+]=NCCCCCCCCCl. The molecule has 0 bridgehead atoms. The van der Waals surface area contributed by atoms with Gasteiger partial charge in [-0.1, -0.05) is 30.8 Å². The number of rotatable bonds is 8. The average molecular weight is 190 g/mol. The van der Waals surface area contributed by atoms with Gasteiger partial charge in [0.1, 0.15) is 0 Å². The van der Waals surface area contributed by atoms with Crippen LogP contribution in [0.2, 0.25) is 0 Å². The van der Waals surface area contributed by atoms with E-state index < -0.39 is 0 Å². The third-order valence-electron chi connectivity index (χ3n) is 1.70. The molecule has 0 rings (SSSR count). The largest absolute Gasteiger partial charge is 0.127 e. The first kappa shape index (κ1) is 11.6. The molecule has 0 amide bonds. The van der Waals surface area contributed by atoms with E-state index in [9.17, 15) is 0 Å². The zero-order valence-corrected chi connectivity index (χ0v) is 8.13. The van der Waals surface area contributed by atoms with Gasteiger partial charge in [-0.3, -0.25) is 0 Å². The summed E-state index contributed by atoms with van der Waals surface area (Å²) in [6.07, 6.45) is 7.02. The van der Waals surface area contributed by atoms with E-state index in [4.69, 9.17) is 17.1 Å². The minimum Gasteiger partial charge on any atom is -0.127 e. The lowest BCUT2D eigenvalue weighted by atomic mass is 10.1. The Morgan fingerprint density at radius 1 is 1.00 bits per heavy atom. The number of halogens is 1. The molecule has 0 spiro atoms. The van der Waals surface area contributed by atoms with Gasteiger partial charge in [-0.15, -0.1) is 11.6 Å². The molecule has 0 saturated heterocycles. The van der Waals surface area contributed by atoms with Gasteiger partial charge in [-0.25, -0.2) is 0 Å². The molecule has 70 valence electrons. The Labute approximate surface area is 78.7 Å². The van der Waals surface area contributed by atoms with Crippen LogP contribution in [0.25, 0.3) is 10.4 Å². The van der Waals surface area contributed by atoms with Gasteiger partial charge in [0.05, 0.1) is 0 Å². The molecule has 0 aliphatic heterocycles. The highest BCUT2D eigenvalue weighted by atomic mass is 35.5. The van der Waals surface area contributed by atoms with Gasteiger partial charge in [0.15, 0.2) is 0 Å².